The standard InChI is InChI=1S/C18H24N2O3S/c1-13(2)8-11-24-17-5-4-15(12-16(17)20(22)23)18(21)19-9-6-14(3)7-10-19/h4-5,12-13H,3,6-11H2,1-2H3. The van der Waals surface area contributed by atoms with Gasteiger partial charge in [0.25, 0.3) is 11.6 Å². The molecule has 1 fully saturated rings. The van der Waals surface area contributed by atoms with Gasteiger partial charge in [0.15, 0.2) is 0 Å². The van der Waals surface area contributed by atoms with Crippen molar-refractivity contribution in [3.8, 4) is 0 Å². The van der Waals surface area contributed by atoms with Gasteiger partial charge in [-0.25, -0.2) is 0 Å². The van der Waals surface area contributed by atoms with E-state index < -0.39 is 4.92 Å². The quantitative estimate of drug-likeness (QED) is 0.328. The fourth-order valence-electron chi connectivity index (χ4n) is 2.53. The summed E-state index contributed by atoms with van der Waals surface area (Å²) in [6.45, 7) is 9.47. The maximum atomic E-state index is 12.6. The van der Waals surface area contributed by atoms with Gasteiger partial charge >= 0.3 is 0 Å². The van der Waals surface area contributed by atoms with Crippen molar-refractivity contribution in [3.05, 3.63) is 46.0 Å². The first-order valence-corrected chi connectivity index (χ1v) is 9.24. The average Bonchev–Trinajstić information content (AvgIpc) is 2.54. The Balaban J connectivity index is 2.14. The molecule has 1 aliphatic heterocycles. The highest BCUT2D eigenvalue weighted by Gasteiger charge is 2.23. The molecule has 6 heteroatoms. The second kappa shape index (κ2) is 8.33. The van der Waals surface area contributed by atoms with Gasteiger partial charge < -0.3 is 4.90 Å². The molecule has 1 saturated heterocycles. The minimum atomic E-state index is -0.396. The summed E-state index contributed by atoms with van der Waals surface area (Å²) in [5.74, 6) is 1.26. The van der Waals surface area contributed by atoms with Gasteiger partial charge in [0.1, 0.15) is 0 Å². The van der Waals surface area contributed by atoms with Crippen LogP contribution in [-0.2, 0) is 0 Å². The Bertz CT molecular complexity index is 633. The molecule has 0 aliphatic carbocycles. The largest absolute Gasteiger partial charge is 0.338 e. The first-order valence-electron chi connectivity index (χ1n) is 8.25. The molecule has 5 nitrogen and oxygen atoms in total. The Labute approximate surface area is 147 Å². The molecule has 0 radical (unpaired) electrons. The number of benzene rings is 1. The number of rotatable bonds is 6. The number of likely N-dealkylation sites (tertiary alicyclic amines) is 1. The molecule has 0 atom stereocenters. The Kier molecular flexibility index (Phi) is 6.43. The van der Waals surface area contributed by atoms with Gasteiger partial charge in [-0.1, -0.05) is 26.0 Å². The first-order chi connectivity index (χ1) is 11.4. The van der Waals surface area contributed by atoms with Crippen LogP contribution in [-0.4, -0.2) is 34.6 Å². The van der Waals surface area contributed by atoms with Gasteiger partial charge in [-0.05, 0) is 43.1 Å². The van der Waals surface area contributed by atoms with Crippen LogP contribution in [0.15, 0.2) is 35.2 Å². The normalized spacial score (nSPS) is 15.0. The van der Waals surface area contributed by atoms with Crippen LogP contribution in [0.1, 0.15) is 43.5 Å². The monoisotopic (exact) mass is 348 g/mol. The van der Waals surface area contributed by atoms with Gasteiger partial charge in [-0.15, -0.1) is 11.8 Å². The van der Waals surface area contributed by atoms with Crippen LogP contribution in [0.25, 0.3) is 0 Å². The second-order valence-corrected chi connectivity index (χ2v) is 7.65. The van der Waals surface area contributed by atoms with Crippen molar-refractivity contribution in [1.29, 1.82) is 0 Å². The summed E-state index contributed by atoms with van der Waals surface area (Å²) in [6.07, 6.45) is 2.61. The molecule has 1 aromatic carbocycles. The number of nitro groups is 1. The summed E-state index contributed by atoms with van der Waals surface area (Å²) in [5, 5.41) is 11.4. The van der Waals surface area contributed by atoms with Crippen molar-refractivity contribution in [2.75, 3.05) is 18.8 Å². The number of piperidine rings is 1. The molecule has 1 aromatic rings. The molecule has 1 heterocycles. The highest BCUT2D eigenvalue weighted by Crippen LogP contribution is 2.31. The molecule has 1 aliphatic rings. The Morgan fingerprint density at radius 3 is 2.62 bits per heavy atom. The number of nitrogens with zero attached hydrogens (tertiary/aromatic N) is 2. The van der Waals surface area contributed by atoms with Gasteiger partial charge in [-0.3, -0.25) is 14.9 Å². The number of hydrogen-bond acceptors (Lipinski definition) is 4. The van der Waals surface area contributed by atoms with E-state index in [-0.39, 0.29) is 11.6 Å². The van der Waals surface area contributed by atoms with Crippen LogP contribution in [0.3, 0.4) is 0 Å². The van der Waals surface area contributed by atoms with Crippen molar-refractivity contribution >= 4 is 23.4 Å². The van der Waals surface area contributed by atoms with Crippen LogP contribution < -0.4 is 0 Å². The van der Waals surface area contributed by atoms with E-state index in [2.05, 4.69) is 20.4 Å². The van der Waals surface area contributed by atoms with Gasteiger partial charge in [0, 0.05) is 24.7 Å². The summed E-state index contributed by atoms with van der Waals surface area (Å²) in [5.41, 5.74) is 1.57. The van der Waals surface area contributed by atoms with Crippen LogP contribution in [0.4, 0.5) is 5.69 Å². The third kappa shape index (κ3) is 4.84. The molecule has 0 unspecified atom stereocenters. The first kappa shape index (κ1) is 18.5. The van der Waals surface area contributed by atoms with E-state index in [4.69, 9.17) is 0 Å². The Hall–Kier alpha value is -1.82. The third-order valence-corrected chi connectivity index (χ3v) is 5.21. The van der Waals surface area contributed by atoms with Crippen molar-refractivity contribution < 1.29 is 9.72 Å². The van der Waals surface area contributed by atoms with Gasteiger partial charge in [0.05, 0.1) is 9.82 Å². The zero-order valence-electron chi connectivity index (χ0n) is 14.3. The fourth-order valence-corrected chi connectivity index (χ4v) is 3.78. The lowest BCUT2D eigenvalue weighted by Gasteiger charge is -2.28. The SMILES string of the molecule is C=C1CCN(C(=O)c2ccc(SCCC(C)C)c([N+](=O)[O-])c2)CC1. The summed E-state index contributed by atoms with van der Waals surface area (Å²) in [4.78, 5) is 25.9. The second-order valence-electron chi connectivity index (χ2n) is 6.51. The van der Waals surface area contributed by atoms with E-state index in [1.165, 1.54) is 17.8 Å². The van der Waals surface area contributed by atoms with E-state index in [9.17, 15) is 14.9 Å². The van der Waals surface area contributed by atoms with Crippen molar-refractivity contribution in [2.24, 2.45) is 5.92 Å². The molecule has 130 valence electrons. The number of amides is 1. The van der Waals surface area contributed by atoms with Gasteiger partial charge in [-0.2, -0.15) is 0 Å². The molecule has 0 bridgehead atoms. The van der Waals surface area contributed by atoms with E-state index >= 15 is 0 Å². The smallest absolute Gasteiger partial charge is 0.283 e. The van der Waals surface area contributed by atoms with E-state index in [0.717, 1.165) is 30.6 Å². The number of carbonyl (C=O) groups excluding carboxylic acids is 1. The lowest BCUT2D eigenvalue weighted by molar-refractivity contribution is -0.387. The Morgan fingerprint density at radius 2 is 2.04 bits per heavy atom. The maximum absolute atomic E-state index is 12.6. The van der Waals surface area contributed by atoms with E-state index in [0.29, 0.717) is 29.5 Å². The van der Waals surface area contributed by atoms with Crippen LogP contribution in [0.5, 0.6) is 0 Å². The molecule has 2 rings (SSSR count). The fraction of sp³-hybridized carbons (Fsp3) is 0.500. The van der Waals surface area contributed by atoms with Crippen molar-refractivity contribution in [1.82, 2.24) is 4.90 Å². The lowest BCUT2D eigenvalue weighted by Crippen LogP contribution is -2.36. The van der Waals surface area contributed by atoms with Crippen molar-refractivity contribution in [2.45, 2.75) is 38.0 Å². The zero-order chi connectivity index (χ0) is 17.7. The zero-order valence-corrected chi connectivity index (χ0v) is 15.1. The minimum absolute atomic E-state index is 0.0241. The summed E-state index contributed by atoms with van der Waals surface area (Å²) in [7, 11) is 0. The van der Waals surface area contributed by atoms with Crippen LogP contribution in [0, 0.1) is 16.0 Å². The molecule has 24 heavy (non-hydrogen) atoms. The van der Waals surface area contributed by atoms with E-state index in [1.54, 1.807) is 17.0 Å². The molecular weight excluding hydrogens is 324 g/mol. The average molecular weight is 348 g/mol. The predicted octanol–water partition coefficient (Wildman–Crippen LogP) is 4.53. The summed E-state index contributed by atoms with van der Waals surface area (Å²) >= 11 is 1.48. The topological polar surface area (TPSA) is 63.5 Å². The number of carbonyl (C=O) groups is 1. The lowest BCUT2D eigenvalue weighted by atomic mass is 10.0. The number of nitro benzene ring substituents is 1. The Morgan fingerprint density at radius 1 is 1.38 bits per heavy atom. The highest BCUT2D eigenvalue weighted by atomic mass is 32.2. The summed E-state index contributed by atoms with van der Waals surface area (Å²) in [6, 6.07) is 4.83. The molecule has 0 saturated carbocycles. The maximum Gasteiger partial charge on any atom is 0.283 e. The molecule has 0 aromatic heterocycles. The minimum Gasteiger partial charge on any atom is -0.338 e. The molecular formula is C18H24N2O3S. The third-order valence-electron chi connectivity index (χ3n) is 4.11. The molecule has 0 N–H and O–H groups in total. The number of hydrogen-bond donors (Lipinski definition) is 0. The number of thioether (sulfide) groups is 1. The molecule has 1 amide bonds. The van der Waals surface area contributed by atoms with Crippen molar-refractivity contribution in [3.63, 3.8) is 0 Å². The van der Waals surface area contributed by atoms with Crippen LogP contribution >= 0.6 is 11.8 Å². The highest BCUT2D eigenvalue weighted by molar-refractivity contribution is 7.99. The molecule has 0 spiro atoms. The van der Waals surface area contributed by atoms with Gasteiger partial charge in [0.2, 0.25) is 0 Å². The predicted molar refractivity (Wildman–Crippen MR) is 97.6 cm³/mol. The van der Waals surface area contributed by atoms with E-state index in [1.807, 2.05) is 0 Å². The summed E-state index contributed by atoms with van der Waals surface area (Å²) < 4.78 is 0. The van der Waals surface area contributed by atoms with Crippen LogP contribution in [0.2, 0.25) is 0 Å².